The van der Waals surface area contributed by atoms with Crippen LogP contribution in [-0.2, 0) is 9.53 Å². The SMILES string of the molecule is COC(=O)CCCCC1CCSS1. The van der Waals surface area contributed by atoms with Crippen molar-refractivity contribution in [2.75, 3.05) is 12.9 Å². The van der Waals surface area contributed by atoms with Crippen molar-refractivity contribution in [2.24, 2.45) is 0 Å². The third-order valence-electron chi connectivity index (χ3n) is 2.11. The number of hydrogen-bond acceptors (Lipinski definition) is 4. The summed E-state index contributed by atoms with van der Waals surface area (Å²) in [6.45, 7) is 0. The zero-order valence-electron chi connectivity index (χ0n) is 7.95. The van der Waals surface area contributed by atoms with Gasteiger partial charge >= 0.3 is 5.97 Å². The maximum absolute atomic E-state index is 10.8. The van der Waals surface area contributed by atoms with Crippen LogP contribution in [0.5, 0.6) is 0 Å². The number of unbranched alkanes of at least 4 members (excludes halogenated alkanes) is 1. The van der Waals surface area contributed by atoms with Gasteiger partial charge in [-0.05, 0) is 19.3 Å². The maximum Gasteiger partial charge on any atom is 0.305 e. The molecular weight excluding hydrogens is 204 g/mol. The van der Waals surface area contributed by atoms with Crippen molar-refractivity contribution in [3.05, 3.63) is 0 Å². The standard InChI is InChI=1S/C9H16O2S2/c1-11-9(10)5-3-2-4-8-6-7-12-13-8/h8H,2-7H2,1H3. The van der Waals surface area contributed by atoms with Crippen molar-refractivity contribution in [1.82, 2.24) is 0 Å². The van der Waals surface area contributed by atoms with E-state index in [-0.39, 0.29) is 5.97 Å². The summed E-state index contributed by atoms with van der Waals surface area (Å²) in [4.78, 5) is 10.8. The first-order valence-electron chi connectivity index (χ1n) is 4.68. The predicted octanol–water partition coefficient (Wildman–Crippen LogP) is 2.87. The van der Waals surface area contributed by atoms with Crippen LogP contribution < -0.4 is 0 Å². The molecule has 1 saturated heterocycles. The van der Waals surface area contributed by atoms with E-state index in [4.69, 9.17) is 0 Å². The molecule has 1 atom stereocenters. The van der Waals surface area contributed by atoms with Gasteiger partial charge in [0, 0.05) is 17.4 Å². The molecule has 1 aliphatic heterocycles. The van der Waals surface area contributed by atoms with Gasteiger partial charge < -0.3 is 4.74 Å². The normalized spacial score (nSPS) is 21.8. The van der Waals surface area contributed by atoms with E-state index in [9.17, 15) is 4.79 Å². The monoisotopic (exact) mass is 220 g/mol. The molecule has 0 saturated carbocycles. The fraction of sp³-hybridized carbons (Fsp3) is 0.889. The molecule has 0 bridgehead atoms. The van der Waals surface area contributed by atoms with Crippen LogP contribution in [0.2, 0.25) is 0 Å². The minimum atomic E-state index is -0.0755. The Morgan fingerprint density at radius 1 is 1.54 bits per heavy atom. The minimum Gasteiger partial charge on any atom is -0.469 e. The van der Waals surface area contributed by atoms with Crippen LogP contribution in [-0.4, -0.2) is 24.1 Å². The molecule has 76 valence electrons. The second-order valence-corrected chi connectivity index (χ2v) is 5.94. The fourth-order valence-corrected chi connectivity index (χ4v) is 4.34. The van der Waals surface area contributed by atoms with E-state index >= 15 is 0 Å². The average molecular weight is 220 g/mol. The van der Waals surface area contributed by atoms with Crippen LogP contribution in [0.3, 0.4) is 0 Å². The molecule has 0 spiro atoms. The van der Waals surface area contributed by atoms with Crippen molar-refractivity contribution in [3.63, 3.8) is 0 Å². The highest BCUT2D eigenvalue weighted by atomic mass is 33.1. The molecule has 13 heavy (non-hydrogen) atoms. The van der Waals surface area contributed by atoms with Gasteiger partial charge in [-0.3, -0.25) is 4.79 Å². The van der Waals surface area contributed by atoms with Gasteiger partial charge in [-0.25, -0.2) is 0 Å². The highest BCUT2D eigenvalue weighted by Gasteiger charge is 2.15. The third-order valence-corrected chi connectivity index (χ3v) is 5.12. The van der Waals surface area contributed by atoms with Crippen LogP contribution in [0, 0.1) is 0 Å². The molecule has 0 N–H and O–H groups in total. The Labute approximate surface area is 87.6 Å². The highest BCUT2D eigenvalue weighted by Crippen LogP contribution is 2.39. The summed E-state index contributed by atoms with van der Waals surface area (Å²) in [5, 5.41) is 0.836. The Morgan fingerprint density at radius 2 is 2.38 bits per heavy atom. The largest absolute Gasteiger partial charge is 0.469 e. The summed E-state index contributed by atoms with van der Waals surface area (Å²) in [5.74, 6) is 1.22. The zero-order chi connectivity index (χ0) is 9.52. The van der Waals surface area contributed by atoms with Crippen LogP contribution in [0.25, 0.3) is 0 Å². The van der Waals surface area contributed by atoms with E-state index < -0.39 is 0 Å². The number of methoxy groups -OCH3 is 1. The molecular formula is C9H16O2S2. The lowest BCUT2D eigenvalue weighted by atomic mass is 10.1. The van der Waals surface area contributed by atoms with Crippen molar-refractivity contribution in [2.45, 2.75) is 37.4 Å². The average Bonchev–Trinajstić information content (AvgIpc) is 2.64. The summed E-state index contributed by atoms with van der Waals surface area (Å²) in [7, 11) is 5.43. The first kappa shape index (κ1) is 11.2. The second kappa shape index (κ2) is 6.60. The Kier molecular flexibility index (Phi) is 5.71. The lowest BCUT2D eigenvalue weighted by Crippen LogP contribution is -2.01. The van der Waals surface area contributed by atoms with Gasteiger partial charge in [0.05, 0.1) is 7.11 Å². The Bertz CT molecular complexity index is 156. The maximum atomic E-state index is 10.8. The molecule has 1 rings (SSSR count). The lowest BCUT2D eigenvalue weighted by molar-refractivity contribution is -0.140. The van der Waals surface area contributed by atoms with Gasteiger partial charge in [0.15, 0.2) is 0 Å². The molecule has 2 nitrogen and oxygen atoms in total. The number of esters is 1. The molecule has 0 aliphatic carbocycles. The molecule has 1 unspecified atom stereocenters. The molecule has 0 amide bonds. The quantitative estimate of drug-likeness (QED) is 0.404. The second-order valence-electron chi connectivity index (χ2n) is 3.15. The summed E-state index contributed by atoms with van der Waals surface area (Å²) >= 11 is 0. The highest BCUT2D eigenvalue weighted by molar-refractivity contribution is 8.77. The van der Waals surface area contributed by atoms with Gasteiger partial charge in [0.25, 0.3) is 0 Å². The smallest absolute Gasteiger partial charge is 0.305 e. The predicted molar refractivity (Wildman–Crippen MR) is 58.9 cm³/mol. The van der Waals surface area contributed by atoms with Gasteiger partial charge in [-0.15, -0.1) is 0 Å². The van der Waals surface area contributed by atoms with Gasteiger partial charge in [-0.2, -0.15) is 0 Å². The molecule has 4 heteroatoms. The summed E-state index contributed by atoms with van der Waals surface area (Å²) in [6, 6.07) is 0. The summed E-state index contributed by atoms with van der Waals surface area (Å²) < 4.78 is 4.57. The first-order valence-corrected chi connectivity index (χ1v) is 7.06. The Morgan fingerprint density at radius 3 is 3.00 bits per heavy atom. The number of ether oxygens (including phenoxy) is 1. The van der Waals surface area contributed by atoms with Gasteiger partial charge in [0.1, 0.15) is 0 Å². The van der Waals surface area contributed by atoms with Gasteiger partial charge in [-0.1, -0.05) is 28.0 Å². The lowest BCUT2D eigenvalue weighted by Gasteiger charge is -2.05. The Balaban J connectivity index is 1.91. The molecule has 1 fully saturated rings. The Hall–Kier alpha value is 0.170. The molecule has 1 aliphatic rings. The number of carbonyl (C=O) groups excluding carboxylic acids is 1. The molecule has 0 aromatic carbocycles. The fourth-order valence-electron chi connectivity index (χ4n) is 1.31. The molecule has 0 radical (unpaired) electrons. The molecule has 1 heterocycles. The van der Waals surface area contributed by atoms with Gasteiger partial charge in [0.2, 0.25) is 0 Å². The number of carbonyl (C=O) groups is 1. The molecule has 0 aromatic heterocycles. The number of hydrogen-bond donors (Lipinski definition) is 0. The van der Waals surface area contributed by atoms with Crippen LogP contribution in [0.1, 0.15) is 32.1 Å². The van der Waals surface area contributed by atoms with Crippen LogP contribution in [0.15, 0.2) is 0 Å². The van der Waals surface area contributed by atoms with E-state index in [2.05, 4.69) is 4.74 Å². The molecule has 0 aromatic rings. The third kappa shape index (κ3) is 4.81. The van der Waals surface area contributed by atoms with E-state index in [1.165, 1.54) is 25.7 Å². The van der Waals surface area contributed by atoms with Crippen LogP contribution >= 0.6 is 21.6 Å². The minimum absolute atomic E-state index is 0.0755. The van der Waals surface area contributed by atoms with E-state index in [1.807, 2.05) is 21.6 Å². The van der Waals surface area contributed by atoms with E-state index in [1.54, 1.807) is 0 Å². The topological polar surface area (TPSA) is 26.3 Å². The first-order chi connectivity index (χ1) is 6.33. The summed E-state index contributed by atoms with van der Waals surface area (Å²) in [5.41, 5.74) is 0. The van der Waals surface area contributed by atoms with Crippen LogP contribution in [0.4, 0.5) is 0 Å². The summed E-state index contributed by atoms with van der Waals surface area (Å²) in [6.07, 6.45) is 5.32. The van der Waals surface area contributed by atoms with E-state index in [0.717, 1.165) is 18.1 Å². The van der Waals surface area contributed by atoms with E-state index in [0.29, 0.717) is 6.42 Å². The number of rotatable bonds is 5. The van der Waals surface area contributed by atoms with Crippen molar-refractivity contribution < 1.29 is 9.53 Å². The van der Waals surface area contributed by atoms with Crippen molar-refractivity contribution in [1.29, 1.82) is 0 Å². The van der Waals surface area contributed by atoms with Crippen molar-refractivity contribution in [3.8, 4) is 0 Å². The van der Waals surface area contributed by atoms with Crippen molar-refractivity contribution >= 4 is 27.6 Å². The zero-order valence-corrected chi connectivity index (χ0v) is 9.59.